The number of nitroso groups, excluding NO2 is 1. The molecule has 0 saturated heterocycles. The number of aliphatic hydroxyl groups excluding tert-OH is 1. The summed E-state index contributed by atoms with van der Waals surface area (Å²) in [6.07, 6.45) is -1.74. The maximum absolute atomic E-state index is 12.2. The van der Waals surface area contributed by atoms with Gasteiger partial charge in [0.05, 0.1) is 22.2 Å². The fourth-order valence-electron chi connectivity index (χ4n) is 2.07. The second-order valence-electron chi connectivity index (χ2n) is 5.66. The number of hydrogen-bond donors (Lipinski definition) is 1. The first-order chi connectivity index (χ1) is 12.1. The highest BCUT2D eigenvalue weighted by atomic mass is 32.2. The lowest BCUT2D eigenvalue weighted by molar-refractivity contribution is -0.384. The van der Waals surface area contributed by atoms with Crippen molar-refractivity contribution < 1.29 is 32.7 Å². The molecule has 0 amide bonds. The zero-order valence-electron chi connectivity index (χ0n) is 13.8. The molecule has 142 valence electrons. The summed E-state index contributed by atoms with van der Waals surface area (Å²) in [4.78, 5) is 20.5. The highest BCUT2D eigenvalue weighted by molar-refractivity contribution is 7.91. The number of benzene rings is 1. The predicted molar refractivity (Wildman–Crippen MR) is 86.2 cm³/mol. The van der Waals surface area contributed by atoms with Crippen LogP contribution in [0, 0.1) is 15.0 Å². The quantitative estimate of drug-likeness (QED) is 0.301. The van der Waals surface area contributed by atoms with Gasteiger partial charge < -0.3 is 19.3 Å². The summed E-state index contributed by atoms with van der Waals surface area (Å²) in [6.45, 7) is 2.54. The minimum atomic E-state index is -3.80. The van der Waals surface area contributed by atoms with Crippen LogP contribution in [0.3, 0.4) is 0 Å². The summed E-state index contributed by atoms with van der Waals surface area (Å²) in [5, 5.41) is 23.1. The smallest absolute Gasteiger partial charge is 0.302 e. The number of nitro groups is 1. The van der Waals surface area contributed by atoms with Crippen molar-refractivity contribution in [2.24, 2.45) is 5.18 Å². The third-order valence-corrected chi connectivity index (χ3v) is 4.95. The molecule has 26 heavy (non-hydrogen) atoms. The Labute approximate surface area is 148 Å². The minimum Gasteiger partial charge on any atom is -0.446 e. The number of hydrogen-bond acceptors (Lipinski definition) is 10. The molecule has 1 aliphatic rings. The van der Waals surface area contributed by atoms with Crippen molar-refractivity contribution in [3.8, 4) is 0 Å². The Bertz CT molecular complexity index is 830. The molecule has 0 saturated carbocycles. The highest BCUT2D eigenvalue weighted by Crippen LogP contribution is 2.33. The van der Waals surface area contributed by atoms with E-state index in [4.69, 9.17) is 14.2 Å². The van der Waals surface area contributed by atoms with Crippen LogP contribution in [0.2, 0.25) is 0 Å². The van der Waals surface area contributed by atoms with E-state index in [0.29, 0.717) is 0 Å². The first kappa shape index (κ1) is 19.8. The van der Waals surface area contributed by atoms with Gasteiger partial charge in [-0.05, 0) is 12.1 Å². The van der Waals surface area contributed by atoms with Gasteiger partial charge in [-0.1, -0.05) is 0 Å². The van der Waals surface area contributed by atoms with Gasteiger partial charge in [0, 0.05) is 31.2 Å². The molecule has 1 aliphatic heterocycles. The highest BCUT2D eigenvalue weighted by Gasteiger charge is 2.39. The molecule has 0 aromatic heterocycles. The summed E-state index contributed by atoms with van der Waals surface area (Å²) in [7, 11) is -3.80. The molecule has 0 spiro atoms. The van der Waals surface area contributed by atoms with Gasteiger partial charge in [-0.15, -0.1) is 4.91 Å². The van der Waals surface area contributed by atoms with Crippen LogP contribution in [0.5, 0.6) is 0 Å². The number of non-ortho nitro benzene ring substituents is 1. The lowest BCUT2D eigenvalue weighted by Crippen LogP contribution is -2.25. The topological polar surface area (TPSA) is 155 Å². The van der Waals surface area contributed by atoms with Crippen LogP contribution in [0.25, 0.3) is 0 Å². The molecule has 0 bridgehead atoms. The van der Waals surface area contributed by atoms with E-state index in [0.717, 1.165) is 24.3 Å². The van der Waals surface area contributed by atoms with E-state index in [1.54, 1.807) is 0 Å². The van der Waals surface area contributed by atoms with Crippen LogP contribution in [0.1, 0.15) is 13.8 Å². The first-order valence-corrected chi connectivity index (χ1v) is 8.93. The molecule has 1 N–H and O–H groups in total. The van der Waals surface area contributed by atoms with Crippen LogP contribution in [0.15, 0.2) is 46.0 Å². The van der Waals surface area contributed by atoms with Crippen LogP contribution in [0.4, 0.5) is 5.69 Å². The van der Waals surface area contributed by atoms with Crippen molar-refractivity contribution in [3.63, 3.8) is 0 Å². The summed E-state index contributed by atoms with van der Waals surface area (Å²) in [6, 6.07) is 4.36. The average Bonchev–Trinajstić information content (AvgIpc) is 2.89. The standard InChI is InChI=1S/C14H16N2O9S/c1-14(2)24-11(12(15-18)25-14)13(17)23-7-8-26(21,22)10-5-3-9(4-6-10)16(19)20/h3-6,13,17H,7-8H2,1-2H3. The van der Waals surface area contributed by atoms with Crippen LogP contribution >= 0.6 is 0 Å². The molecule has 1 aromatic carbocycles. The van der Waals surface area contributed by atoms with Gasteiger partial charge in [-0.3, -0.25) is 10.1 Å². The Morgan fingerprint density at radius 3 is 2.46 bits per heavy atom. The SMILES string of the molecule is CC1(C)OC(N=O)=C(C(O)OCCS(=O)(=O)c2ccc([N+](=O)[O-])cc2)O1. The molecule has 0 fully saturated rings. The number of ether oxygens (including phenoxy) is 3. The summed E-state index contributed by atoms with van der Waals surface area (Å²) >= 11 is 0. The number of nitrogens with zero attached hydrogens (tertiary/aromatic N) is 2. The van der Waals surface area contributed by atoms with Crippen LogP contribution in [-0.2, 0) is 24.0 Å². The van der Waals surface area contributed by atoms with E-state index in [2.05, 4.69) is 5.18 Å². The average molecular weight is 388 g/mol. The first-order valence-electron chi connectivity index (χ1n) is 7.28. The van der Waals surface area contributed by atoms with Gasteiger partial charge in [0.2, 0.25) is 17.8 Å². The van der Waals surface area contributed by atoms with Crippen molar-refractivity contribution >= 4 is 15.5 Å². The molecule has 1 heterocycles. The molecule has 1 aromatic rings. The van der Waals surface area contributed by atoms with Crippen LogP contribution < -0.4 is 0 Å². The van der Waals surface area contributed by atoms with E-state index in [9.17, 15) is 28.5 Å². The second kappa shape index (κ2) is 7.35. The van der Waals surface area contributed by atoms with Crippen molar-refractivity contribution in [2.45, 2.75) is 30.8 Å². The molecule has 1 unspecified atom stereocenters. The van der Waals surface area contributed by atoms with E-state index < -0.39 is 45.1 Å². The van der Waals surface area contributed by atoms with Gasteiger partial charge in [0.15, 0.2) is 9.84 Å². The van der Waals surface area contributed by atoms with E-state index >= 15 is 0 Å². The number of sulfone groups is 1. The third kappa shape index (κ3) is 4.53. The molecular formula is C14H16N2O9S. The minimum absolute atomic E-state index is 0.128. The lowest BCUT2D eigenvalue weighted by atomic mass is 10.3. The molecule has 11 nitrogen and oxygen atoms in total. The normalized spacial score (nSPS) is 17.3. The van der Waals surface area contributed by atoms with Crippen molar-refractivity contribution in [1.82, 2.24) is 0 Å². The summed E-state index contributed by atoms with van der Waals surface area (Å²) < 4.78 is 39.6. The maximum atomic E-state index is 12.2. The van der Waals surface area contributed by atoms with Gasteiger partial charge >= 0.3 is 5.88 Å². The van der Waals surface area contributed by atoms with Gasteiger partial charge in [-0.2, -0.15) is 0 Å². The zero-order chi connectivity index (χ0) is 19.5. The van der Waals surface area contributed by atoms with Crippen molar-refractivity contribution in [2.75, 3.05) is 12.4 Å². The molecule has 1 atom stereocenters. The van der Waals surface area contributed by atoms with Crippen molar-refractivity contribution in [1.29, 1.82) is 0 Å². The van der Waals surface area contributed by atoms with Crippen LogP contribution in [-0.4, -0.2) is 42.9 Å². The lowest BCUT2D eigenvalue weighted by Gasteiger charge is -2.19. The molecule has 2 rings (SSSR count). The number of aliphatic hydroxyl groups is 1. The third-order valence-electron chi connectivity index (χ3n) is 3.25. The summed E-state index contributed by atoms with van der Waals surface area (Å²) in [5.41, 5.74) is -0.238. The van der Waals surface area contributed by atoms with Crippen molar-refractivity contribution in [3.05, 3.63) is 50.9 Å². The Balaban J connectivity index is 1.98. The van der Waals surface area contributed by atoms with Gasteiger partial charge in [0.1, 0.15) is 0 Å². The van der Waals surface area contributed by atoms with E-state index in [1.807, 2.05) is 0 Å². The zero-order valence-corrected chi connectivity index (χ0v) is 14.6. The maximum Gasteiger partial charge on any atom is 0.302 e. The fourth-order valence-corrected chi connectivity index (χ4v) is 3.17. The monoisotopic (exact) mass is 388 g/mol. The van der Waals surface area contributed by atoms with E-state index in [-0.39, 0.29) is 16.3 Å². The van der Waals surface area contributed by atoms with E-state index in [1.165, 1.54) is 13.8 Å². The molecular weight excluding hydrogens is 372 g/mol. The molecule has 0 aliphatic carbocycles. The Kier molecular flexibility index (Phi) is 5.59. The second-order valence-corrected chi connectivity index (χ2v) is 7.77. The molecule has 0 radical (unpaired) electrons. The predicted octanol–water partition coefficient (Wildman–Crippen LogP) is 1.42. The number of nitro benzene ring substituents is 1. The number of rotatable bonds is 8. The molecule has 12 heteroatoms. The van der Waals surface area contributed by atoms with Gasteiger partial charge in [0.25, 0.3) is 5.69 Å². The Morgan fingerprint density at radius 1 is 1.31 bits per heavy atom. The fraction of sp³-hybridized carbons (Fsp3) is 0.429. The Morgan fingerprint density at radius 2 is 1.92 bits per heavy atom. The largest absolute Gasteiger partial charge is 0.446 e. The summed E-state index contributed by atoms with van der Waals surface area (Å²) in [5.74, 6) is -2.56. The Hall–Kier alpha value is -2.57. The van der Waals surface area contributed by atoms with Gasteiger partial charge in [-0.25, -0.2) is 8.42 Å².